The highest BCUT2D eigenvalue weighted by Gasteiger charge is 2.38. The third-order valence-corrected chi connectivity index (χ3v) is 11.7. The van der Waals surface area contributed by atoms with Gasteiger partial charge in [0.15, 0.2) is 0 Å². The molecule has 0 atom stereocenters. The average Bonchev–Trinajstić information content (AvgIpc) is 3.39. The SMILES string of the molecule is C=CCOC(=O)CCc1c(C(C(=O)OCC=C)=P(c2ccccc2)(c2ccccc2)c2ccccc2)[nH]c(C(=O)OC(C)(C)C)c1C. The number of benzene rings is 3. The van der Waals surface area contributed by atoms with Crippen LogP contribution < -0.4 is 15.9 Å². The first-order chi connectivity index (χ1) is 22.5. The van der Waals surface area contributed by atoms with E-state index in [-0.39, 0.29) is 31.7 Å². The second-order valence-electron chi connectivity index (χ2n) is 11.9. The lowest BCUT2D eigenvalue weighted by molar-refractivity contribution is -0.142. The zero-order valence-corrected chi connectivity index (χ0v) is 28.3. The molecule has 7 nitrogen and oxygen atoms in total. The van der Waals surface area contributed by atoms with Crippen molar-refractivity contribution in [2.24, 2.45) is 0 Å². The summed E-state index contributed by atoms with van der Waals surface area (Å²) in [6, 6.07) is 29.6. The van der Waals surface area contributed by atoms with Gasteiger partial charge in [0.05, 0.1) is 11.0 Å². The van der Waals surface area contributed by atoms with Gasteiger partial charge < -0.3 is 19.2 Å². The number of esters is 3. The monoisotopic (exact) mass is 651 g/mol. The second kappa shape index (κ2) is 15.6. The zero-order chi connectivity index (χ0) is 34.0. The topological polar surface area (TPSA) is 94.7 Å². The Kier molecular flexibility index (Phi) is 11.6. The molecule has 0 aliphatic heterocycles. The highest BCUT2D eigenvalue weighted by Crippen LogP contribution is 2.48. The van der Waals surface area contributed by atoms with Crippen molar-refractivity contribution in [3.63, 3.8) is 0 Å². The normalized spacial score (nSPS) is 11.3. The van der Waals surface area contributed by atoms with E-state index < -0.39 is 30.4 Å². The van der Waals surface area contributed by atoms with Gasteiger partial charge in [-0.25, -0.2) is 9.59 Å². The number of aromatic nitrogens is 1. The smallest absolute Gasteiger partial charge is 0.355 e. The van der Waals surface area contributed by atoms with E-state index in [4.69, 9.17) is 14.2 Å². The molecule has 4 aromatic rings. The molecule has 0 spiro atoms. The predicted molar refractivity (Wildman–Crippen MR) is 191 cm³/mol. The molecule has 47 heavy (non-hydrogen) atoms. The number of ether oxygens (including phenoxy) is 3. The molecule has 0 fully saturated rings. The molecule has 4 rings (SSSR count). The fraction of sp³-hybridized carbons (Fsp3) is 0.231. The first-order valence-corrected chi connectivity index (χ1v) is 17.3. The molecular formula is C39H42NO6P. The number of carbonyl (C=O) groups is 3. The first-order valence-electron chi connectivity index (χ1n) is 15.5. The summed E-state index contributed by atoms with van der Waals surface area (Å²) in [7, 11) is 0. The molecule has 1 N–H and O–H groups in total. The van der Waals surface area contributed by atoms with Gasteiger partial charge >= 0.3 is 17.9 Å². The van der Waals surface area contributed by atoms with Crippen molar-refractivity contribution in [3.05, 3.63) is 139 Å². The maximum Gasteiger partial charge on any atom is 0.355 e. The van der Waals surface area contributed by atoms with Gasteiger partial charge in [-0.3, -0.25) is 4.79 Å². The molecule has 0 aliphatic carbocycles. The summed E-state index contributed by atoms with van der Waals surface area (Å²) in [6.07, 6.45) is 3.22. The van der Waals surface area contributed by atoms with Crippen LogP contribution in [-0.2, 0) is 30.2 Å². The summed E-state index contributed by atoms with van der Waals surface area (Å²) < 4.78 is 17.0. The van der Waals surface area contributed by atoms with Gasteiger partial charge in [-0.1, -0.05) is 116 Å². The first kappa shape index (κ1) is 35.0. The van der Waals surface area contributed by atoms with Crippen LogP contribution in [0.5, 0.6) is 0 Å². The maximum atomic E-state index is 14.7. The van der Waals surface area contributed by atoms with E-state index in [2.05, 4.69) is 18.1 Å². The molecule has 1 heterocycles. The molecule has 0 amide bonds. The number of rotatable bonds is 13. The Morgan fingerprint density at radius 1 is 0.745 bits per heavy atom. The van der Waals surface area contributed by atoms with Gasteiger partial charge in [-0.15, -0.1) is 0 Å². The van der Waals surface area contributed by atoms with E-state index >= 15 is 0 Å². The van der Waals surface area contributed by atoms with Crippen LogP contribution in [0.3, 0.4) is 0 Å². The number of H-pyrrole nitrogens is 1. The molecule has 0 unspecified atom stereocenters. The minimum Gasteiger partial charge on any atom is -0.461 e. The molecule has 0 bridgehead atoms. The fourth-order valence-electron chi connectivity index (χ4n) is 5.53. The van der Waals surface area contributed by atoms with Crippen LogP contribution in [0.4, 0.5) is 0 Å². The standard InChI is InChI=1S/C39H42NO6P/c1-7-26-44-33(41)25-24-32-28(3)34(37(42)46-39(4,5)6)40-35(32)36(38(43)45-27-8-2)47(29-18-12-9-13-19-29,30-20-14-10-15-21-30)31-22-16-11-17-23-31/h7-23,40H,1-2,24-27H2,3-6H3. The molecule has 8 heteroatoms. The summed E-state index contributed by atoms with van der Waals surface area (Å²) in [5.41, 5.74) is 1.05. The van der Waals surface area contributed by atoms with Gasteiger partial charge in [0.2, 0.25) is 0 Å². The summed E-state index contributed by atoms with van der Waals surface area (Å²) in [4.78, 5) is 44.5. The quantitative estimate of drug-likeness (QED) is 0.0803. The van der Waals surface area contributed by atoms with Crippen LogP contribution >= 0.6 is 6.89 Å². The minimum absolute atomic E-state index is 0.00966. The number of aromatic amines is 1. The van der Waals surface area contributed by atoms with E-state index in [1.807, 2.05) is 91.0 Å². The summed E-state index contributed by atoms with van der Waals surface area (Å²) in [5, 5.41) is 3.08. The number of carbonyl (C=O) groups excluding carboxylic acids is 3. The van der Waals surface area contributed by atoms with Crippen LogP contribution in [0, 0.1) is 6.92 Å². The lowest BCUT2D eigenvalue weighted by atomic mass is 10.0. The van der Waals surface area contributed by atoms with E-state index in [9.17, 15) is 14.4 Å². The van der Waals surface area contributed by atoms with Gasteiger partial charge in [0.1, 0.15) is 24.5 Å². The zero-order valence-electron chi connectivity index (χ0n) is 27.5. The van der Waals surface area contributed by atoms with Crippen LogP contribution in [0.15, 0.2) is 116 Å². The van der Waals surface area contributed by atoms with Crippen molar-refractivity contribution in [1.29, 1.82) is 0 Å². The van der Waals surface area contributed by atoms with E-state index in [1.165, 1.54) is 12.2 Å². The van der Waals surface area contributed by atoms with Crippen molar-refractivity contribution < 1.29 is 28.6 Å². The molecule has 3 aromatic carbocycles. The van der Waals surface area contributed by atoms with E-state index in [0.29, 0.717) is 22.1 Å². The van der Waals surface area contributed by atoms with Crippen LogP contribution in [-0.4, -0.2) is 47.0 Å². The summed E-state index contributed by atoms with van der Waals surface area (Å²) >= 11 is 0. The Labute approximate surface area is 277 Å². The second-order valence-corrected chi connectivity index (χ2v) is 15.2. The van der Waals surface area contributed by atoms with Crippen molar-refractivity contribution in [2.75, 3.05) is 13.2 Å². The van der Waals surface area contributed by atoms with E-state index in [0.717, 1.165) is 15.9 Å². The fourth-order valence-corrected chi connectivity index (χ4v) is 9.92. The average molecular weight is 652 g/mol. The van der Waals surface area contributed by atoms with Gasteiger partial charge in [0, 0.05) is 6.42 Å². The Balaban J connectivity index is 2.23. The Bertz CT molecular complexity index is 1680. The lowest BCUT2D eigenvalue weighted by Gasteiger charge is -2.32. The van der Waals surface area contributed by atoms with Crippen LogP contribution in [0.25, 0.3) is 0 Å². The van der Waals surface area contributed by atoms with Crippen molar-refractivity contribution in [1.82, 2.24) is 4.98 Å². The van der Waals surface area contributed by atoms with Crippen LogP contribution in [0.1, 0.15) is 54.5 Å². The van der Waals surface area contributed by atoms with Gasteiger partial charge in [-0.2, -0.15) is 0 Å². The molecule has 0 radical (unpaired) electrons. The largest absolute Gasteiger partial charge is 0.461 e. The summed E-state index contributed by atoms with van der Waals surface area (Å²) in [6.45, 7) is 11.6. The Morgan fingerprint density at radius 3 is 1.66 bits per heavy atom. The number of nitrogens with one attached hydrogen (secondary N) is 1. The maximum absolute atomic E-state index is 14.7. The molecule has 244 valence electrons. The Hall–Kier alpha value is -4.87. The minimum atomic E-state index is -3.06. The molecule has 0 saturated carbocycles. The van der Waals surface area contributed by atoms with Crippen molar-refractivity contribution in [3.8, 4) is 0 Å². The van der Waals surface area contributed by atoms with Crippen molar-refractivity contribution >= 4 is 46.0 Å². The lowest BCUT2D eigenvalue weighted by Crippen LogP contribution is -2.35. The summed E-state index contributed by atoms with van der Waals surface area (Å²) in [5.74, 6) is -1.57. The molecular weight excluding hydrogens is 609 g/mol. The Morgan fingerprint density at radius 2 is 1.21 bits per heavy atom. The predicted octanol–water partition coefficient (Wildman–Crippen LogP) is 6.18. The molecule has 1 aromatic heterocycles. The number of hydrogen-bond acceptors (Lipinski definition) is 6. The van der Waals surface area contributed by atoms with Crippen molar-refractivity contribution in [2.45, 2.75) is 46.1 Å². The van der Waals surface area contributed by atoms with E-state index in [1.54, 1.807) is 27.7 Å². The number of hydrogen-bond donors (Lipinski definition) is 1. The van der Waals surface area contributed by atoms with Gasteiger partial charge in [-0.05, 0) is 68.0 Å². The molecule has 0 aliphatic rings. The van der Waals surface area contributed by atoms with Gasteiger partial charge in [0.25, 0.3) is 0 Å². The van der Waals surface area contributed by atoms with Crippen LogP contribution in [0.2, 0.25) is 0 Å². The molecule has 0 saturated heterocycles. The highest BCUT2D eigenvalue weighted by molar-refractivity contribution is 7.96. The third kappa shape index (κ3) is 7.93. The highest BCUT2D eigenvalue weighted by atomic mass is 31.2. The third-order valence-electron chi connectivity index (χ3n) is 7.45.